The van der Waals surface area contributed by atoms with E-state index in [-0.39, 0.29) is 5.54 Å². The van der Waals surface area contributed by atoms with E-state index in [1.807, 2.05) is 62.2 Å². The molecule has 2 rings (SSSR count). The molecule has 0 aliphatic rings. The van der Waals surface area contributed by atoms with Gasteiger partial charge in [0, 0.05) is 29.2 Å². The van der Waals surface area contributed by atoms with Gasteiger partial charge >= 0.3 is 0 Å². The first-order valence-corrected chi connectivity index (χ1v) is 7.24. The lowest BCUT2D eigenvalue weighted by Crippen LogP contribution is -2.44. The van der Waals surface area contributed by atoms with Gasteiger partial charge in [-0.2, -0.15) is 0 Å². The number of anilines is 1. The van der Waals surface area contributed by atoms with E-state index in [4.69, 9.17) is 5.73 Å². The van der Waals surface area contributed by atoms with Crippen LogP contribution in [0.3, 0.4) is 0 Å². The van der Waals surface area contributed by atoms with Crippen LogP contribution in [-0.2, 0) is 0 Å². The van der Waals surface area contributed by atoms with Crippen molar-refractivity contribution < 1.29 is 0 Å². The summed E-state index contributed by atoms with van der Waals surface area (Å²) in [4.78, 5) is 2.01. The van der Waals surface area contributed by atoms with Crippen molar-refractivity contribution in [2.24, 2.45) is 5.73 Å². The van der Waals surface area contributed by atoms with Crippen LogP contribution in [-0.4, -0.2) is 29.3 Å². The molecule has 0 saturated carbocycles. The average Bonchev–Trinajstić information content (AvgIpc) is 2.37. The highest BCUT2D eigenvalue weighted by atomic mass is 79.9. The quantitative estimate of drug-likeness (QED) is 0.933. The Morgan fingerprint density at radius 2 is 1.95 bits per heavy atom. The summed E-state index contributed by atoms with van der Waals surface area (Å²) in [6, 6.07) is 12.0. The lowest BCUT2D eigenvalue weighted by atomic mass is 10.1. The van der Waals surface area contributed by atoms with Gasteiger partial charge in [0.1, 0.15) is 0 Å². The smallest absolute Gasteiger partial charge is 0.151 e. The van der Waals surface area contributed by atoms with Crippen molar-refractivity contribution in [2.45, 2.75) is 19.4 Å². The number of aromatic nitrogens is 2. The third-order valence-electron chi connectivity index (χ3n) is 2.81. The number of halogens is 1. The Morgan fingerprint density at radius 3 is 2.50 bits per heavy atom. The van der Waals surface area contributed by atoms with Crippen LogP contribution in [0.1, 0.15) is 13.8 Å². The predicted molar refractivity (Wildman–Crippen MR) is 86.7 cm³/mol. The van der Waals surface area contributed by atoms with Gasteiger partial charge in [-0.15, -0.1) is 10.2 Å². The zero-order chi connectivity index (χ0) is 14.8. The predicted octanol–water partition coefficient (Wildman–Crippen LogP) is 3.08. The summed E-state index contributed by atoms with van der Waals surface area (Å²) in [6.07, 6.45) is 0. The van der Waals surface area contributed by atoms with Crippen molar-refractivity contribution in [3.8, 4) is 11.3 Å². The van der Waals surface area contributed by atoms with Crippen molar-refractivity contribution in [1.82, 2.24) is 10.2 Å². The topological polar surface area (TPSA) is 55.0 Å². The summed E-state index contributed by atoms with van der Waals surface area (Å²) < 4.78 is 1.03. The van der Waals surface area contributed by atoms with Crippen molar-refractivity contribution >= 4 is 21.7 Å². The zero-order valence-corrected chi connectivity index (χ0v) is 13.6. The lowest BCUT2D eigenvalue weighted by Gasteiger charge is -2.26. The number of hydrogen-bond donors (Lipinski definition) is 1. The maximum absolute atomic E-state index is 6.02. The minimum atomic E-state index is -0.264. The van der Waals surface area contributed by atoms with E-state index in [9.17, 15) is 0 Å². The Bertz CT molecular complexity index is 575. The molecule has 0 fully saturated rings. The fraction of sp³-hybridized carbons (Fsp3) is 0.333. The van der Waals surface area contributed by atoms with Gasteiger partial charge in [0.2, 0.25) is 0 Å². The molecule has 0 unspecified atom stereocenters. The highest BCUT2D eigenvalue weighted by Gasteiger charge is 2.15. The SMILES string of the molecule is CN(CC(C)(C)N)c1ccc(-c2cccc(Br)c2)nn1. The Hall–Kier alpha value is -1.46. The zero-order valence-electron chi connectivity index (χ0n) is 12.0. The van der Waals surface area contributed by atoms with Crippen LogP contribution >= 0.6 is 15.9 Å². The number of likely N-dealkylation sites (N-methyl/N-ethyl adjacent to an activating group) is 1. The fourth-order valence-corrected chi connectivity index (χ4v) is 2.42. The van der Waals surface area contributed by atoms with Crippen LogP contribution in [0.4, 0.5) is 5.82 Å². The Labute approximate surface area is 128 Å². The minimum Gasteiger partial charge on any atom is -0.356 e. The van der Waals surface area contributed by atoms with Gasteiger partial charge in [-0.1, -0.05) is 28.1 Å². The summed E-state index contributed by atoms with van der Waals surface area (Å²) in [6.45, 7) is 4.71. The maximum Gasteiger partial charge on any atom is 0.151 e. The van der Waals surface area contributed by atoms with Crippen LogP contribution in [0, 0.1) is 0 Å². The summed E-state index contributed by atoms with van der Waals surface area (Å²) in [5.41, 5.74) is 7.65. The first-order valence-electron chi connectivity index (χ1n) is 6.45. The van der Waals surface area contributed by atoms with Crippen LogP contribution in [0.5, 0.6) is 0 Å². The van der Waals surface area contributed by atoms with Crippen molar-refractivity contribution in [3.63, 3.8) is 0 Å². The van der Waals surface area contributed by atoms with Gasteiger partial charge < -0.3 is 10.6 Å². The van der Waals surface area contributed by atoms with Crippen LogP contribution in [0.15, 0.2) is 40.9 Å². The van der Waals surface area contributed by atoms with E-state index in [0.717, 1.165) is 28.1 Å². The molecule has 0 spiro atoms. The summed E-state index contributed by atoms with van der Waals surface area (Å²) in [5, 5.41) is 8.56. The molecule has 0 aliphatic heterocycles. The average molecular weight is 335 g/mol. The molecule has 20 heavy (non-hydrogen) atoms. The van der Waals surface area contributed by atoms with Gasteiger partial charge in [-0.3, -0.25) is 0 Å². The number of rotatable bonds is 4. The standard InChI is InChI=1S/C15H19BrN4/c1-15(2,17)10-20(3)14-8-7-13(18-19-14)11-5-4-6-12(16)9-11/h4-9H,10,17H2,1-3H3. The van der Waals surface area contributed by atoms with Crippen LogP contribution < -0.4 is 10.6 Å². The van der Waals surface area contributed by atoms with E-state index in [1.165, 1.54) is 0 Å². The monoisotopic (exact) mass is 334 g/mol. The van der Waals surface area contributed by atoms with Crippen molar-refractivity contribution in [3.05, 3.63) is 40.9 Å². The summed E-state index contributed by atoms with van der Waals surface area (Å²) >= 11 is 3.46. The molecule has 0 radical (unpaired) electrons. The number of hydrogen-bond acceptors (Lipinski definition) is 4. The highest BCUT2D eigenvalue weighted by molar-refractivity contribution is 9.10. The van der Waals surface area contributed by atoms with E-state index in [2.05, 4.69) is 26.1 Å². The Balaban J connectivity index is 2.18. The van der Waals surface area contributed by atoms with Crippen LogP contribution in [0.25, 0.3) is 11.3 Å². The normalized spacial score (nSPS) is 11.4. The van der Waals surface area contributed by atoms with E-state index >= 15 is 0 Å². The molecular formula is C15H19BrN4. The molecule has 1 aromatic heterocycles. The fourth-order valence-electron chi connectivity index (χ4n) is 2.02. The second-order valence-electron chi connectivity index (χ2n) is 5.63. The molecule has 5 heteroatoms. The third kappa shape index (κ3) is 4.02. The number of nitrogens with two attached hydrogens (primary N) is 1. The van der Waals surface area contributed by atoms with Crippen molar-refractivity contribution in [2.75, 3.05) is 18.5 Å². The molecule has 4 nitrogen and oxygen atoms in total. The van der Waals surface area contributed by atoms with Gasteiger partial charge in [0.05, 0.1) is 5.69 Å². The molecule has 2 aromatic rings. The van der Waals surface area contributed by atoms with E-state index in [0.29, 0.717) is 0 Å². The highest BCUT2D eigenvalue weighted by Crippen LogP contribution is 2.22. The second kappa shape index (κ2) is 5.89. The maximum atomic E-state index is 6.02. The molecule has 1 aromatic carbocycles. The molecule has 1 heterocycles. The molecule has 106 valence electrons. The van der Waals surface area contributed by atoms with E-state index < -0.39 is 0 Å². The molecule has 0 atom stereocenters. The lowest BCUT2D eigenvalue weighted by molar-refractivity contribution is 0.516. The summed E-state index contributed by atoms with van der Waals surface area (Å²) in [5.74, 6) is 0.822. The molecule has 2 N–H and O–H groups in total. The number of nitrogens with zero attached hydrogens (tertiary/aromatic N) is 3. The van der Waals surface area contributed by atoms with Gasteiger partial charge in [-0.05, 0) is 38.1 Å². The molecule has 0 aliphatic carbocycles. The van der Waals surface area contributed by atoms with Crippen molar-refractivity contribution in [1.29, 1.82) is 0 Å². The largest absolute Gasteiger partial charge is 0.356 e. The first-order chi connectivity index (χ1) is 9.35. The second-order valence-corrected chi connectivity index (χ2v) is 6.55. The molecule has 0 saturated heterocycles. The minimum absolute atomic E-state index is 0.264. The van der Waals surface area contributed by atoms with Crippen LogP contribution in [0.2, 0.25) is 0 Å². The summed E-state index contributed by atoms with van der Waals surface area (Å²) in [7, 11) is 1.97. The number of benzene rings is 1. The Morgan fingerprint density at radius 1 is 1.20 bits per heavy atom. The van der Waals surface area contributed by atoms with Gasteiger partial charge in [0.25, 0.3) is 0 Å². The third-order valence-corrected chi connectivity index (χ3v) is 3.30. The van der Waals surface area contributed by atoms with Gasteiger partial charge in [0.15, 0.2) is 5.82 Å². The molecule has 0 bridgehead atoms. The van der Waals surface area contributed by atoms with E-state index in [1.54, 1.807) is 0 Å². The Kier molecular flexibility index (Phi) is 4.40. The van der Waals surface area contributed by atoms with Gasteiger partial charge in [-0.25, -0.2) is 0 Å². The molecular weight excluding hydrogens is 316 g/mol. The first kappa shape index (κ1) is 14.9. The molecule has 0 amide bonds.